The Kier molecular flexibility index (Phi) is 11.9. The minimum Gasteiger partial charge on any atom is -0.354 e. The van der Waals surface area contributed by atoms with Crippen molar-refractivity contribution in [2.24, 2.45) is 5.92 Å². The standard InChI is InChI=1S/C32H39Cl2N3O4S/c1-6-30(32(39)35-19-22(2)3)36(20-24-12-17-28(33)29(34)18-24)31(38)21-37(26-15-13-25(14-16-26)23(4)5)42(40,41)27-10-8-7-9-11-27/h7-18,22-23,30H,6,19-21H2,1-5H3,(H,35,39). The van der Waals surface area contributed by atoms with Crippen LogP contribution in [0, 0.1) is 5.92 Å². The summed E-state index contributed by atoms with van der Waals surface area (Å²) >= 11 is 12.4. The van der Waals surface area contributed by atoms with Crippen molar-refractivity contribution in [2.45, 2.75) is 64.4 Å². The monoisotopic (exact) mass is 631 g/mol. The molecule has 0 spiro atoms. The molecule has 0 saturated carbocycles. The Balaban J connectivity index is 2.06. The van der Waals surface area contributed by atoms with E-state index in [1.807, 2.05) is 46.8 Å². The van der Waals surface area contributed by atoms with Crippen molar-refractivity contribution >= 4 is 50.7 Å². The fourth-order valence-corrected chi connectivity index (χ4v) is 6.21. The molecule has 1 atom stereocenters. The van der Waals surface area contributed by atoms with Gasteiger partial charge in [-0.3, -0.25) is 13.9 Å². The molecule has 0 aliphatic rings. The van der Waals surface area contributed by atoms with E-state index in [0.29, 0.717) is 34.3 Å². The van der Waals surface area contributed by atoms with Gasteiger partial charge in [0.2, 0.25) is 11.8 Å². The number of halogens is 2. The zero-order valence-electron chi connectivity index (χ0n) is 24.7. The van der Waals surface area contributed by atoms with Crippen LogP contribution in [-0.4, -0.2) is 44.3 Å². The highest BCUT2D eigenvalue weighted by molar-refractivity contribution is 7.92. The molecule has 2 amide bonds. The predicted molar refractivity (Wildman–Crippen MR) is 170 cm³/mol. The lowest BCUT2D eigenvalue weighted by molar-refractivity contribution is -0.140. The molecule has 226 valence electrons. The molecule has 0 aromatic heterocycles. The molecule has 0 saturated heterocycles. The first-order valence-electron chi connectivity index (χ1n) is 14.0. The van der Waals surface area contributed by atoms with Crippen LogP contribution in [0.2, 0.25) is 10.0 Å². The summed E-state index contributed by atoms with van der Waals surface area (Å²) in [5.74, 6) is -0.374. The van der Waals surface area contributed by atoms with Crippen molar-refractivity contribution in [3.8, 4) is 0 Å². The summed E-state index contributed by atoms with van der Waals surface area (Å²) in [4.78, 5) is 29.0. The van der Waals surface area contributed by atoms with Crippen LogP contribution in [-0.2, 0) is 26.2 Å². The van der Waals surface area contributed by atoms with Crippen molar-refractivity contribution < 1.29 is 18.0 Å². The maximum atomic E-state index is 14.2. The largest absolute Gasteiger partial charge is 0.354 e. The molecule has 0 aliphatic carbocycles. The number of rotatable bonds is 13. The van der Waals surface area contributed by atoms with Gasteiger partial charge in [0.25, 0.3) is 10.0 Å². The van der Waals surface area contributed by atoms with E-state index >= 15 is 0 Å². The zero-order valence-corrected chi connectivity index (χ0v) is 27.0. The quantitative estimate of drug-likeness (QED) is 0.222. The van der Waals surface area contributed by atoms with Gasteiger partial charge in [-0.2, -0.15) is 0 Å². The average molecular weight is 633 g/mol. The Labute approximate surface area is 259 Å². The number of anilines is 1. The summed E-state index contributed by atoms with van der Waals surface area (Å²) in [6.07, 6.45) is 0.325. The lowest BCUT2D eigenvalue weighted by Crippen LogP contribution is -2.52. The smallest absolute Gasteiger partial charge is 0.264 e. The van der Waals surface area contributed by atoms with Gasteiger partial charge in [-0.15, -0.1) is 0 Å². The lowest BCUT2D eigenvalue weighted by atomic mass is 10.0. The molecule has 3 aromatic rings. The molecule has 42 heavy (non-hydrogen) atoms. The summed E-state index contributed by atoms with van der Waals surface area (Å²) in [5, 5.41) is 3.60. The second-order valence-electron chi connectivity index (χ2n) is 10.9. The molecule has 1 N–H and O–H groups in total. The van der Waals surface area contributed by atoms with Gasteiger partial charge in [0.1, 0.15) is 12.6 Å². The number of carbonyl (C=O) groups excluding carboxylic acids is 2. The maximum absolute atomic E-state index is 14.2. The third-order valence-corrected chi connectivity index (χ3v) is 9.39. The lowest BCUT2D eigenvalue weighted by Gasteiger charge is -2.33. The first kappa shape index (κ1) is 33.4. The van der Waals surface area contributed by atoms with Crippen LogP contribution in [0.25, 0.3) is 0 Å². The Morgan fingerprint density at radius 1 is 0.881 bits per heavy atom. The molecule has 0 heterocycles. The number of hydrogen-bond acceptors (Lipinski definition) is 4. The number of nitrogens with one attached hydrogen (secondary N) is 1. The SMILES string of the molecule is CCC(C(=O)NCC(C)C)N(Cc1ccc(Cl)c(Cl)c1)C(=O)CN(c1ccc(C(C)C)cc1)S(=O)(=O)c1ccccc1. The molecule has 0 aliphatic heterocycles. The van der Waals surface area contributed by atoms with Crippen molar-refractivity contribution in [1.82, 2.24) is 10.2 Å². The second kappa shape index (κ2) is 14.9. The Hall–Kier alpha value is -3.07. The topological polar surface area (TPSA) is 86.8 Å². The Morgan fingerprint density at radius 2 is 1.52 bits per heavy atom. The molecule has 3 rings (SSSR count). The molecule has 0 bridgehead atoms. The molecule has 10 heteroatoms. The van der Waals surface area contributed by atoms with E-state index in [4.69, 9.17) is 23.2 Å². The van der Waals surface area contributed by atoms with Crippen LogP contribution >= 0.6 is 23.2 Å². The highest BCUT2D eigenvalue weighted by Crippen LogP contribution is 2.28. The minimum atomic E-state index is -4.13. The summed E-state index contributed by atoms with van der Waals surface area (Å²) < 4.78 is 29.0. The van der Waals surface area contributed by atoms with E-state index < -0.39 is 28.5 Å². The van der Waals surface area contributed by atoms with Gasteiger partial charge in [-0.05, 0) is 65.8 Å². The number of amides is 2. The first-order valence-corrected chi connectivity index (χ1v) is 16.2. The van der Waals surface area contributed by atoms with E-state index in [2.05, 4.69) is 5.32 Å². The van der Waals surface area contributed by atoms with Gasteiger partial charge in [-0.25, -0.2) is 8.42 Å². The summed E-state index contributed by atoms with van der Waals surface area (Å²) in [6, 6.07) is 19.3. The number of sulfonamides is 1. The van der Waals surface area contributed by atoms with Gasteiger partial charge in [0.15, 0.2) is 0 Å². The number of hydrogen-bond donors (Lipinski definition) is 1. The molecule has 1 unspecified atom stereocenters. The van der Waals surface area contributed by atoms with Crippen molar-refractivity contribution in [3.05, 3.63) is 94.0 Å². The third kappa shape index (κ3) is 8.49. The highest BCUT2D eigenvalue weighted by atomic mass is 35.5. The van der Waals surface area contributed by atoms with Crippen LogP contribution in [0.4, 0.5) is 5.69 Å². The number of nitrogens with zero attached hydrogens (tertiary/aromatic N) is 2. The third-order valence-electron chi connectivity index (χ3n) is 6.87. The highest BCUT2D eigenvalue weighted by Gasteiger charge is 2.33. The summed E-state index contributed by atoms with van der Waals surface area (Å²) in [7, 11) is -4.13. The van der Waals surface area contributed by atoms with Crippen LogP contribution < -0.4 is 9.62 Å². The fraction of sp³-hybridized carbons (Fsp3) is 0.375. The average Bonchev–Trinajstić information content (AvgIpc) is 2.96. The van der Waals surface area contributed by atoms with Gasteiger partial charge in [0.05, 0.1) is 20.6 Å². The fourth-order valence-electron chi connectivity index (χ4n) is 4.45. The predicted octanol–water partition coefficient (Wildman–Crippen LogP) is 6.89. The van der Waals surface area contributed by atoms with Crippen LogP contribution in [0.1, 0.15) is 58.1 Å². The van der Waals surface area contributed by atoms with Gasteiger partial charge >= 0.3 is 0 Å². The Bertz CT molecular complexity index is 1460. The molecule has 3 aromatic carbocycles. The number of carbonyl (C=O) groups is 2. The van der Waals surface area contributed by atoms with Crippen molar-refractivity contribution in [3.63, 3.8) is 0 Å². The molecule has 0 radical (unpaired) electrons. The molecule has 7 nitrogen and oxygen atoms in total. The van der Waals surface area contributed by atoms with E-state index in [1.54, 1.807) is 48.5 Å². The molecule has 0 fully saturated rings. The number of benzene rings is 3. The second-order valence-corrected chi connectivity index (χ2v) is 13.6. The van der Waals surface area contributed by atoms with Gasteiger partial charge < -0.3 is 10.2 Å². The maximum Gasteiger partial charge on any atom is 0.264 e. The normalized spacial score (nSPS) is 12.3. The molecular formula is C32H39Cl2N3O4S. The van der Waals surface area contributed by atoms with Crippen LogP contribution in [0.15, 0.2) is 77.7 Å². The van der Waals surface area contributed by atoms with Crippen LogP contribution in [0.3, 0.4) is 0 Å². The van der Waals surface area contributed by atoms with E-state index in [9.17, 15) is 18.0 Å². The summed E-state index contributed by atoms with van der Waals surface area (Å²) in [6.45, 7) is 9.86. The van der Waals surface area contributed by atoms with E-state index in [0.717, 1.165) is 9.87 Å². The van der Waals surface area contributed by atoms with Crippen LogP contribution in [0.5, 0.6) is 0 Å². The minimum absolute atomic E-state index is 0.0365. The Morgan fingerprint density at radius 3 is 2.07 bits per heavy atom. The summed E-state index contributed by atoms with van der Waals surface area (Å²) in [5.41, 5.74) is 2.05. The molecular weight excluding hydrogens is 593 g/mol. The zero-order chi connectivity index (χ0) is 31.0. The van der Waals surface area contributed by atoms with Crippen molar-refractivity contribution in [1.29, 1.82) is 0 Å². The van der Waals surface area contributed by atoms with E-state index in [-0.39, 0.29) is 29.2 Å². The van der Waals surface area contributed by atoms with Gasteiger partial charge in [0, 0.05) is 13.1 Å². The van der Waals surface area contributed by atoms with E-state index in [1.165, 1.54) is 17.0 Å². The first-order chi connectivity index (χ1) is 19.8. The van der Waals surface area contributed by atoms with Gasteiger partial charge in [-0.1, -0.05) is 94.2 Å². The van der Waals surface area contributed by atoms with Crippen molar-refractivity contribution in [2.75, 3.05) is 17.4 Å².